The molecule has 0 aliphatic carbocycles. The third kappa shape index (κ3) is 12.3. The molecule has 28 heavy (non-hydrogen) atoms. The van der Waals surface area contributed by atoms with Crippen LogP contribution in [0.25, 0.3) is 0 Å². The van der Waals surface area contributed by atoms with E-state index >= 15 is 0 Å². The maximum absolute atomic E-state index is 11.5. The van der Waals surface area contributed by atoms with Crippen molar-refractivity contribution in [1.29, 1.82) is 0 Å². The number of carboxylic acids is 1. The first kappa shape index (κ1) is 30.0. The molecule has 11 heteroatoms. The standard InChI is InChI=1S/C17H27BCl2N2O4.2ClH/c19-14-6-4-13(5-7-14)12-15(20)22-11-3-9-17(21,16(23)24)8-1-2-10-18(25)26;;/h4-7,15,22,25-26H,1-3,8-12,21H2,(H,23,24);2*1H. The number of carboxylic acid groups (broad SMARTS) is 1. The van der Waals surface area contributed by atoms with Crippen LogP contribution in [-0.2, 0) is 11.2 Å². The Morgan fingerprint density at radius 2 is 1.71 bits per heavy atom. The molecule has 0 radical (unpaired) electrons. The second-order valence-electron chi connectivity index (χ2n) is 6.54. The van der Waals surface area contributed by atoms with Crippen molar-refractivity contribution < 1.29 is 19.9 Å². The maximum atomic E-state index is 11.5. The Morgan fingerprint density at radius 3 is 2.25 bits per heavy atom. The van der Waals surface area contributed by atoms with Crippen LogP contribution in [0.15, 0.2) is 24.3 Å². The summed E-state index contributed by atoms with van der Waals surface area (Å²) >= 11 is 12.1. The summed E-state index contributed by atoms with van der Waals surface area (Å²) < 4.78 is 0. The first-order valence-corrected chi connectivity index (χ1v) is 9.55. The number of benzene rings is 1. The van der Waals surface area contributed by atoms with Crippen LogP contribution in [0.3, 0.4) is 0 Å². The van der Waals surface area contributed by atoms with E-state index in [9.17, 15) is 9.90 Å². The highest BCUT2D eigenvalue weighted by Gasteiger charge is 2.32. The number of aliphatic carboxylic acids is 1. The van der Waals surface area contributed by atoms with Gasteiger partial charge in [-0.15, -0.1) is 36.4 Å². The van der Waals surface area contributed by atoms with Crippen molar-refractivity contribution in [2.24, 2.45) is 5.73 Å². The molecule has 162 valence electrons. The van der Waals surface area contributed by atoms with E-state index in [1.165, 1.54) is 0 Å². The van der Waals surface area contributed by atoms with Gasteiger partial charge in [0.05, 0.1) is 5.50 Å². The molecule has 0 aliphatic heterocycles. The van der Waals surface area contributed by atoms with Gasteiger partial charge in [0.2, 0.25) is 0 Å². The number of rotatable bonds is 13. The quantitative estimate of drug-likeness (QED) is 0.129. The van der Waals surface area contributed by atoms with Gasteiger partial charge in [-0.2, -0.15) is 0 Å². The van der Waals surface area contributed by atoms with E-state index < -0.39 is 18.6 Å². The first-order chi connectivity index (χ1) is 12.2. The second-order valence-corrected chi connectivity index (χ2v) is 7.51. The minimum atomic E-state index is -1.36. The Kier molecular flexibility index (Phi) is 16.7. The van der Waals surface area contributed by atoms with Crippen molar-refractivity contribution in [2.75, 3.05) is 6.54 Å². The minimum absolute atomic E-state index is 0. The average molecular weight is 478 g/mol. The van der Waals surface area contributed by atoms with Crippen LogP contribution in [0.2, 0.25) is 11.3 Å². The van der Waals surface area contributed by atoms with Crippen LogP contribution in [0.5, 0.6) is 0 Å². The zero-order chi connectivity index (χ0) is 19.6. The van der Waals surface area contributed by atoms with E-state index in [1.54, 1.807) is 0 Å². The molecule has 6 nitrogen and oxygen atoms in total. The molecule has 6 N–H and O–H groups in total. The van der Waals surface area contributed by atoms with Gasteiger partial charge in [-0.25, -0.2) is 0 Å². The smallest absolute Gasteiger partial charge is 0.451 e. The Bertz CT molecular complexity index is 554. The second kappa shape index (κ2) is 15.6. The third-order valence-corrected chi connectivity index (χ3v) is 4.82. The summed E-state index contributed by atoms with van der Waals surface area (Å²) in [6.45, 7) is 0.559. The van der Waals surface area contributed by atoms with Crippen molar-refractivity contribution in [1.82, 2.24) is 5.32 Å². The summed E-state index contributed by atoms with van der Waals surface area (Å²) in [6, 6.07) is 7.45. The van der Waals surface area contributed by atoms with Gasteiger partial charge in [0.25, 0.3) is 0 Å². The number of unbranched alkanes of at least 4 members (excludes halogenated alkanes) is 1. The Morgan fingerprint density at radius 1 is 1.14 bits per heavy atom. The van der Waals surface area contributed by atoms with Gasteiger partial charge in [-0.3, -0.25) is 4.79 Å². The topological polar surface area (TPSA) is 116 Å². The fourth-order valence-electron chi connectivity index (χ4n) is 2.67. The molecule has 0 heterocycles. The molecule has 1 rings (SSSR count). The summed E-state index contributed by atoms with van der Waals surface area (Å²) in [6.07, 6.45) is 3.10. The lowest BCUT2D eigenvalue weighted by atomic mass is 9.81. The maximum Gasteiger partial charge on any atom is 0.451 e. The molecule has 0 fully saturated rings. The highest BCUT2D eigenvalue weighted by Crippen LogP contribution is 2.19. The normalized spacial score (nSPS) is 13.6. The molecule has 0 saturated heterocycles. The van der Waals surface area contributed by atoms with E-state index in [1.807, 2.05) is 24.3 Å². The average Bonchev–Trinajstić information content (AvgIpc) is 2.57. The van der Waals surface area contributed by atoms with Gasteiger partial charge < -0.3 is 26.2 Å². The van der Waals surface area contributed by atoms with Gasteiger partial charge in [-0.1, -0.05) is 36.6 Å². The number of carbonyl (C=O) groups is 1. The predicted octanol–water partition coefficient (Wildman–Crippen LogP) is 3.09. The van der Waals surface area contributed by atoms with E-state index in [-0.39, 0.29) is 36.6 Å². The van der Waals surface area contributed by atoms with Crippen LogP contribution < -0.4 is 11.1 Å². The number of hydrogen-bond acceptors (Lipinski definition) is 5. The van der Waals surface area contributed by atoms with Crippen molar-refractivity contribution in [2.45, 2.75) is 55.9 Å². The summed E-state index contributed by atoms with van der Waals surface area (Å²) in [5.41, 5.74) is 5.51. The SMILES string of the molecule is Cl.Cl.NC(CCCCB(O)O)(CCCNC(Cl)Cc1ccc(Cl)cc1)C(=O)O. The molecule has 1 aromatic rings. The number of alkyl halides is 1. The first-order valence-electron chi connectivity index (χ1n) is 8.73. The number of halogens is 4. The summed E-state index contributed by atoms with van der Waals surface area (Å²) in [4.78, 5) is 11.5. The van der Waals surface area contributed by atoms with Crippen molar-refractivity contribution in [3.05, 3.63) is 34.9 Å². The van der Waals surface area contributed by atoms with Gasteiger partial charge >= 0.3 is 13.1 Å². The Balaban J connectivity index is 0. The summed E-state index contributed by atoms with van der Waals surface area (Å²) in [7, 11) is -1.36. The molecule has 0 saturated carbocycles. The molecule has 0 spiro atoms. The number of nitrogens with one attached hydrogen (secondary N) is 1. The van der Waals surface area contributed by atoms with Crippen molar-refractivity contribution in [3.8, 4) is 0 Å². The van der Waals surface area contributed by atoms with Gasteiger partial charge in [-0.05, 0) is 49.8 Å². The van der Waals surface area contributed by atoms with Crippen LogP contribution in [0, 0.1) is 0 Å². The molecule has 1 aromatic carbocycles. The number of hydrogen-bond donors (Lipinski definition) is 5. The highest BCUT2D eigenvalue weighted by atomic mass is 35.5. The molecule has 0 aliphatic rings. The minimum Gasteiger partial charge on any atom is -0.480 e. The van der Waals surface area contributed by atoms with Crippen LogP contribution >= 0.6 is 48.0 Å². The van der Waals surface area contributed by atoms with Crippen LogP contribution in [-0.4, -0.2) is 45.8 Å². The fourth-order valence-corrected chi connectivity index (χ4v) is 3.08. The number of nitrogens with two attached hydrogens (primary N) is 1. The molecule has 0 amide bonds. The van der Waals surface area contributed by atoms with Crippen LogP contribution in [0.1, 0.15) is 37.7 Å². The molecule has 2 atom stereocenters. The zero-order valence-corrected chi connectivity index (χ0v) is 18.7. The molecular formula is C17H29BCl4N2O4. The van der Waals surface area contributed by atoms with Crippen LogP contribution in [0.4, 0.5) is 0 Å². The fraction of sp³-hybridized carbons (Fsp3) is 0.588. The largest absolute Gasteiger partial charge is 0.480 e. The van der Waals surface area contributed by atoms with Crippen molar-refractivity contribution in [3.63, 3.8) is 0 Å². The van der Waals surface area contributed by atoms with Gasteiger partial charge in [0, 0.05) is 11.4 Å². The highest BCUT2D eigenvalue weighted by molar-refractivity contribution is 6.40. The third-order valence-electron chi connectivity index (χ3n) is 4.25. The predicted molar refractivity (Wildman–Crippen MR) is 120 cm³/mol. The van der Waals surface area contributed by atoms with E-state index in [0.29, 0.717) is 50.1 Å². The molecular weight excluding hydrogens is 449 g/mol. The van der Waals surface area contributed by atoms with E-state index in [2.05, 4.69) is 5.32 Å². The molecule has 0 bridgehead atoms. The lowest BCUT2D eigenvalue weighted by molar-refractivity contribution is -0.144. The van der Waals surface area contributed by atoms with Gasteiger partial charge in [0.1, 0.15) is 5.54 Å². The Hall–Kier alpha value is -0.245. The monoisotopic (exact) mass is 476 g/mol. The molecule has 0 aromatic heterocycles. The van der Waals surface area contributed by atoms with E-state index in [0.717, 1.165) is 5.56 Å². The summed E-state index contributed by atoms with van der Waals surface area (Å²) in [5.74, 6) is -1.04. The Labute approximate surface area is 189 Å². The lowest BCUT2D eigenvalue weighted by Crippen LogP contribution is -2.48. The van der Waals surface area contributed by atoms with E-state index in [4.69, 9.17) is 39.0 Å². The molecule has 2 unspecified atom stereocenters. The lowest BCUT2D eigenvalue weighted by Gasteiger charge is -2.25. The van der Waals surface area contributed by atoms with Gasteiger partial charge in [0.15, 0.2) is 0 Å². The zero-order valence-electron chi connectivity index (χ0n) is 15.5. The van der Waals surface area contributed by atoms with Crippen molar-refractivity contribution >= 4 is 61.1 Å². The summed E-state index contributed by atoms with van der Waals surface area (Å²) in [5, 5.41) is 30.9.